The number of nitro groups is 1. The lowest BCUT2D eigenvalue weighted by atomic mass is 10.1. The molecule has 0 saturated carbocycles. The Morgan fingerprint density at radius 1 is 1.35 bits per heavy atom. The number of para-hydroxylation sites is 1. The number of piperidine rings is 1. The molecule has 1 N–H and O–H groups in total. The van der Waals surface area contributed by atoms with Crippen molar-refractivity contribution in [2.45, 2.75) is 23.8 Å². The van der Waals surface area contributed by atoms with E-state index in [1.165, 1.54) is 30.1 Å². The van der Waals surface area contributed by atoms with Crippen LogP contribution in [0.4, 0.5) is 10.5 Å². The molecule has 0 atom stereocenters. The molecule has 126 valence electrons. The zero-order chi connectivity index (χ0) is 17.2. The predicted octanol–water partition coefficient (Wildman–Crippen LogP) is 1.36. The number of rotatable bonds is 4. The average Bonchev–Trinajstić information content (AvgIpc) is 2.54. The summed E-state index contributed by atoms with van der Waals surface area (Å²) >= 11 is 0. The summed E-state index contributed by atoms with van der Waals surface area (Å²) in [7, 11) is -2.66. The molecule has 10 heteroatoms. The minimum atomic E-state index is -4.03. The molecule has 1 fully saturated rings. The summed E-state index contributed by atoms with van der Waals surface area (Å²) in [6, 6.07) is 4.79. The number of hydrogen-bond acceptors (Lipinski definition) is 5. The molecule has 23 heavy (non-hydrogen) atoms. The summed E-state index contributed by atoms with van der Waals surface area (Å²) in [4.78, 5) is 22.1. The zero-order valence-electron chi connectivity index (χ0n) is 12.5. The lowest BCUT2D eigenvalue weighted by Crippen LogP contribution is -2.46. The van der Waals surface area contributed by atoms with Gasteiger partial charge in [-0.05, 0) is 18.9 Å². The maximum absolute atomic E-state index is 12.7. The van der Waals surface area contributed by atoms with Crippen LogP contribution in [0, 0.1) is 10.1 Å². The number of nitrogens with zero attached hydrogens (tertiary/aromatic N) is 3. The Morgan fingerprint density at radius 2 is 1.91 bits per heavy atom. The van der Waals surface area contributed by atoms with Gasteiger partial charge in [0.1, 0.15) is 0 Å². The molecule has 1 aromatic rings. The van der Waals surface area contributed by atoms with Crippen molar-refractivity contribution in [3.63, 3.8) is 0 Å². The molecule has 2 rings (SSSR count). The molecule has 0 radical (unpaired) electrons. The third kappa shape index (κ3) is 3.42. The summed E-state index contributed by atoms with van der Waals surface area (Å²) in [5.74, 6) is 0. The number of hydrogen-bond donors (Lipinski definition) is 1. The number of nitro benzene ring substituents is 1. The maximum Gasteiger partial charge on any atom is 0.407 e. The van der Waals surface area contributed by atoms with Crippen molar-refractivity contribution < 1.29 is 23.2 Å². The van der Waals surface area contributed by atoms with E-state index in [2.05, 4.69) is 0 Å². The van der Waals surface area contributed by atoms with Crippen molar-refractivity contribution in [2.24, 2.45) is 0 Å². The largest absolute Gasteiger partial charge is 0.465 e. The zero-order valence-corrected chi connectivity index (χ0v) is 13.3. The van der Waals surface area contributed by atoms with Gasteiger partial charge in [-0.3, -0.25) is 10.1 Å². The van der Waals surface area contributed by atoms with E-state index in [1.54, 1.807) is 0 Å². The smallest absolute Gasteiger partial charge is 0.407 e. The molecular formula is C13H17N3O6S. The van der Waals surface area contributed by atoms with Gasteiger partial charge in [0.15, 0.2) is 4.90 Å². The standard InChI is InChI=1S/C13H17N3O6S/c1-14(10-6-8-15(9-7-10)13(17)18)23(21,22)12-5-3-2-4-11(12)16(19)20/h2-5,10H,6-9H2,1H3,(H,17,18). The highest BCUT2D eigenvalue weighted by atomic mass is 32.2. The van der Waals surface area contributed by atoms with Crippen LogP contribution in [0.15, 0.2) is 29.2 Å². The Bertz CT molecular complexity index is 712. The fourth-order valence-electron chi connectivity index (χ4n) is 2.60. The number of amides is 1. The molecule has 1 aliphatic heterocycles. The van der Waals surface area contributed by atoms with E-state index in [1.807, 2.05) is 0 Å². The first-order chi connectivity index (χ1) is 10.7. The van der Waals surface area contributed by atoms with Crippen molar-refractivity contribution in [3.05, 3.63) is 34.4 Å². The first-order valence-electron chi connectivity index (χ1n) is 6.94. The van der Waals surface area contributed by atoms with E-state index in [0.717, 1.165) is 10.4 Å². The van der Waals surface area contributed by atoms with Crippen molar-refractivity contribution in [1.29, 1.82) is 0 Å². The lowest BCUT2D eigenvalue weighted by molar-refractivity contribution is -0.387. The first kappa shape index (κ1) is 17.2. The van der Waals surface area contributed by atoms with Crippen molar-refractivity contribution in [2.75, 3.05) is 20.1 Å². The third-order valence-electron chi connectivity index (χ3n) is 3.97. The van der Waals surface area contributed by atoms with Crippen LogP contribution in [0.1, 0.15) is 12.8 Å². The van der Waals surface area contributed by atoms with Gasteiger partial charge < -0.3 is 10.0 Å². The number of sulfonamides is 1. The van der Waals surface area contributed by atoms with Gasteiger partial charge in [0.05, 0.1) is 4.92 Å². The normalized spacial score (nSPS) is 16.5. The topological polar surface area (TPSA) is 121 Å². The Hall–Kier alpha value is -2.20. The van der Waals surface area contributed by atoms with Gasteiger partial charge in [0.25, 0.3) is 5.69 Å². The van der Waals surface area contributed by atoms with Crippen LogP contribution in [0.2, 0.25) is 0 Å². The van der Waals surface area contributed by atoms with Gasteiger partial charge in [-0.15, -0.1) is 0 Å². The molecule has 1 saturated heterocycles. The lowest BCUT2D eigenvalue weighted by Gasteiger charge is -2.34. The number of benzene rings is 1. The van der Waals surface area contributed by atoms with Crippen LogP contribution in [-0.2, 0) is 10.0 Å². The minimum absolute atomic E-state index is 0.233. The fraction of sp³-hybridized carbons (Fsp3) is 0.462. The van der Waals surface area contributed by atoms with Crippen LogP contribution in [-0.4, -0.2) is 59.9 Å². The first-order valence-corrected chi connectivity index (χ1v) is 8.38. The van der Waals surface area contributed by atoms with Crippen LogP contribution in [0.5, 0.6) is 0 Å². The van der Waals surface area contributed by atoms with Gasteiger partial charge in [-0.1, -0.05) is 12.1 Å². The van der Waals surface area contributed by atoms with Crippen LogP contribution in [0.25, 0.3) is 0 Å². The highest BCUT2D eigenvalue weighted by Crippen LogP contribution is 2.28. The highest BCUT2D eigenvalue weighted by Gasteiger charge is 2.35. The van der Waals surface area contributed by atoms with Crippen LogP contribution < -0.4 is 0 Å². The second-order valence-corrected chi connectivity index (χ2v) is 7.21. The average molecular weight is 343 g/mol. The molecule has 0 aromatic heterocycles. The van der Waals surface area contributed by atoms with Gasteiger partial charge in [0.2, 0.25) is 10.0 Å². The molecule has 0 bridgehead atoms. The second-order valence-electron chi connectivity index (χ2n) is 5.25. The van der Waals surface area contributed by atoms with Crippen LogP contribution in [0.3, 0.4) is 0 Å². The molecule has 1 aromatic carbocycles. The van der Waals surface area contributed by atoms with E-state index in [0.29, 0.717) is 12.8 Å². The molecule has 0 spiro atoms. The molecule has 9 nitrogen and oxygen atoms in total. The van der Waals surface area contributed by atoms with Gasteiger partial charge in [-0.25, -0.2) is 13.2 Å². The molecule has 1 heterocycles. The number of likely N-dealkylation sites (tertiary alicyclic amines) is 1. The Balaban J connectivity index is 2.24. The molecule has 0 aliphatic carbocycles. The van der Waals surface area contributed by atoms with Gasteiger partial charge in [-0.2, -0.15) is 4.31 Å². The van der Waals surface area contributed by atoms with E-state index >= 15 is 0 Å². The molecule has 1 amide bonds. The summed E-state index contributed by atoms with van der Waals surface area (Å²) in [6.45, 7) is 0.466. The van der Waals surface area contributed by atoms with Crippen molar-refractivity contribution in [1.82, 2.24) is 9.21 Å². The SMILES string of the molecule is CN(C1CCN(C(=O)O)CC1)S(=O)(=O)c1ccccc1[N+](=O)[O-]. The summed E-state index contributed by atoms with van der Waals surface area (Å²) in [5, 5.41) is 20.0. The summed E-state index contributed by atoms with van der Waals surface area (Å²) in [6.07, 6.45) is -0.335. The Morgan fingerprint density at radius 3 is 2.43 bits per heavy atom. The summed E-state index contributed by atoms with van der Waals surface area (Å²) < 4.78 is 26.4. The minimum Gasteiger partial charge on any atom is -0.465 e. The quantitative estimate of drug-likeness (QED) is 0.651. The molecular weight excluding hydrogens is 326 g/mol. The number of carboxylic acid groups (broad SMARTS) is 1. The maximum atomic E-state index is 12.7. The Labute approximate surface area is 133 Å². The van der Waals surface area contributed by atoms with E-state index < -0.39 is 32.8 Å². The third-order valence-corrected chi connectivity index (χ3v) is 5.93. The summed E-state index contributed by atoms with van der Waals surface area (Å²) in [5.41, 5.74) is -0.470. The fourth-order valence-corrected chi connectivity index (χ4v) is 4.17. The van der Waals surface area contributed by atoms with Crippen molar-refractivity contribution >= 4 is 21.8 Å². The van der Waals surface area contributed by atoms with E-state index in [-0.39, 0.29) is 18.0 Å². The van der Waals surface area contributed by atoms with Gasteiger partial charge >= 0.3 is 6.09 Å². The van der Waals surface area contributed by atoms with Crippen molar-refractivity contribution in [3.8, 4) is 0 Å². The Kier molecular flexibility index (Phi) is 4.85. The number of carbonyl (C=O) groups is 1. The van der Waals surface area contributed by atoms with Gasteiger partial charge in [0, 0.05) is 32.2 Å². The van der Waals surface area contributed by atoms with E-state index in [4.69, 9.17) is 5.11 Å². The highest BCUT2D eigenvalue weighted by molar-refractivity contribution is 7.89. The second kappa shape index (κ2) is 6.50. The predicted molar refractivity (Wildman–Crippen MR) is 80.7 cm³/mol. The van der Waals surface area contributed by atoms with Crippen LogP contribution >= 0.6 is 0 Å². The molecule has 0 unspecified atom stereocenters. The van der Waals surface area contributed by atoms with E-state index in [9.17, 15) is 23.3 Å². The molecule has 1 aliphatic rings. The monoisotopic (exact) mass is 343 g/mol.